The van der Waals surface area contributed by atoms with E-state index in [1.54, 1.807) is 0 Å². The van der Waals surface area contributed by atoms with E-state index in [0.717, 1.165) is 0 Å². The van der Waals surface area contributed by atoms with Gasteiger partial charge in [0.15, 0.2) is 0 Å². The van der Waals surface area contributed by atoms with E-state index in [1.165, 1.54) is 6.92 Å². The van der Waals surface area contributed by atoms with Crippen LogP contribution in [0.4, 0.5) is 0 Å². The first-order chi connectivity index (χ1) is 2.77. The Hall–Kier alpha value is 0.162. The monoisotopic (exact) mass is 100 g/mol. The van der Waals surface area contributed by atoms with E-state index in [9.17, 15) is 4.79 Å². The van der Waals surface area contributed by atoms with Gasteiger partial charge in [-0.15, -0.1) is 0 Å². The average molecular weight is 100 g/mol. The van der Waals surface area contributed by atoms with Gasteiger partial charge in [-0.3, -0.25) is 0 Å². The Bertz CT molecular complexity index is 52.8. The summed E-state index contributed by atoms with van der Waals surface area (Å²) in [5.41, 5.74) is 0. The van der Waals surface area contributed by atoms with Crippen LogP contribution in [0.15, 0.2) is 0 Å². The summed E-state index contributed by atoms with van der Waals surface area (Å²) in [6.45, 7) is 1.68. The van der Waals surface area contributed by atoms with Crippen molar-refractivity contribution in [2.45, 2.75) is 6.92 Å². The summed E-state index contributed by atoms with van der Waals surface area (Å²) in [5, 5.41) is 0. The molecule has 2 nitrogen and oxygen atoms in total. The van der Waals surface area contributed by atoms with Gasteiger partial charge in [-0.1, -0.05) is 0 Å². The quantitative estimate of drug-likeness (QED) is 0.444. The first-order valence-electron chi connectivity index (χ1n) is 1.58. The molecule has 0 aliphatic rings. The van der Waals surface area contributed by atoms with E-state index in [-0.39, 0.29) is 12.4 Å². The first-order valence-corrected chi connectivity index (χ1v) is 2.05. The normalized spacial score (nSPS) is 8.50. The van der Waals surface area contributed by atoms with Gasteiger partial charge < -0.3 is 0 Å². The van der Waals surface area contributed by atoms with Crippen LogP contribution >= 0.6 is 0 Å². The molecule has 0 aliphatic carbocycles. The van der Waals surface area contributed by atoms with Gasteiger partial charge >= 0.3 is 44.5 Å². The van der Waals surface area contributed by atoms with Gasteiger partial charge in [0.1, 0.15) is 0 Å². The molecule has 0 radical (unpaired) electrons. The minimum absolute atomic E-state index is 0.0463. The number of hydrogen-bond acceptors (Lipinski definition) is 2. The number of carbonyl (C=O) groups excluding carboxylic acids is 1. The van der Waals surface area contributed by atoms with Gasteiger partial charge in [-0.2, -0.15) is 0 Å². The van der Waals surface area contributed by atoms with Crippen LogP contribution in [0.25, 0.3) is 0 Å². The summed E-state index contributed by atoms with van der Waals surface area (Å²) in [6.07, 6.45) is 0. The van der Waals surface area contributed by atoms with Gasteiger partial charge in [0, 0.05) is 0 Å². The fraction of sp³-hybridized carbons (Fsp3) is 0.667. The summed E-state index contributed by atoms with van der Waals surface area (Å²) in [4.78, 5) is 9.91. The molecule has 0 atom stereocenters. The van der Waals surface area contributed by atoms with Crippen LogP contribution in [0.1, 0.15) is 6.92 Å². The van der Waals surface area contributed by atoms with Crippen molar-refractivity contribution in [3.8, 4) is 0 Å². The van der Waals surface area contributed by atoms with E-state index < -0.39 is 0 Å². The van der Waals surface area contributed by atoms with Crippen molar-refractivity contribution in [1.82, 2.24) is 0 Å². The van der Waals surface area contributed by atoms with Gasteiger partial charge in [0.25, 0.3) is 0 Å². The SMILES string of the molecule is CC(=O)C[O][Al+2]. The van der Waals surface area contributed by atoms with Crippen LogP contribution in [0.2, 0.25) is 0 Å². The van der Waals surface area contributed by atoms with Crippen LogP contribution in [-0.4, -0.2) is 29.0 Å². The predicted octanol–water partition coefficient (Wildman–Crippen LogP) is -0.325. The van der Waals surface area contributed by atoms with Gasteiger partial charge in [-0.25, -0.2) is 0 Å². The molecular formula is C3H5AlO2+2. The molecule has 0 rings (SSSR count). The maximum atomic E-state index is 9.91. The molecule has 0 N–H and O–H groups in total. The molecule has 30 valence electrons. The van der Waals surface area contributed by atoms with Crippen LogP contribution in [0.3, 0.4) is 0 Å². The average Bonchev–Trinajstić information content (AvgIpc) is 1.35. The standard InChI is InChI=1S/C3H5O2.Al/c1-3(5)2-4;/h2H2,1H3;/q-1;+3. The first kappa shape index (κ1) is 6.16. The summed E-state index contributed by atoms with van der Waals surface area (Å²) in [6, 6.07) is 0. The van der Waals surface area contributed by atoms with Crippen molar-refractivity contribution < 1.29 is 8.58 Å². The molecule has 6 heavy (non-hydrogen) atoms. The Morgan fingerprint density at radius 1 is 2.00 bits per heavy atom. The minimum atomic E-state index is 0.0463. The molecule has 0 amide bonds. The zero-order valence-corrected chi connectivity index (χ0v) is 4.76. The Morgan fingerprint density at radius 3 is 2.50 bits per heavy atom. The Balaban J connectivity index is 2.83. The van der Waals surface area contributed by atoms with Crippen LogP contribution < -0.4 is 0 Å². The van der Waals surface area contributed by atoms with E-state index >= 15 is 0 Å². The van der Waals surface area contributed by atoms with Crippen LogP contribution in [0.5, 0.6) is 0 Å². The number of hydrogen-bond donors (Lipinski definition) is 0. The molecule has 0 aromatic rings. The second-order valence-electron chi connectivity index (χ2n) is 1.01. The third kappa shape index (κ3) is 4.16. The van der Waals surface area contributed by atoms with E-state index in [4.69, 9.17) is 0 Å². The van der Waals surface area contributed by atoms with Crippen molar-refractivity contribution in [2.24, 2.45) is 0 Å². The summed E-state index contributed by atoms with van der Waals surface area (Å²) in [5.74, 6) is 0.0463. The van der Waals surface area contributed by atoms with Gasteiger partial charge in [-0.05, 0) is 0 Å². The van der Waals surface area contributed by atoms with Crippen molar-refractivity contribution in [3.63, 3.8) is 0 Å². The molecule has 3 heteroatoms. The van der Waals surface area contributed by atoms with E-state index in [1.807, 2.05) is 16.6 Å². The molecule has 0 unspecified atom stereocenters. The molecule has 0 saturated carbocycles. The van der Waals surface area contributed by atoms with Crippen LogP contribution in [0, 0.1) is 0 Å². The van der Waals surface area contributed by atoms with E-state index in [0.29, 0.717) is 0 Å². The molecule has 0 bridgehead atoms. The molecule has 0 aromatic carbocycles. The molecular weight excluding hydrogens is 95.0 g/mol. The zero-order valence-electron chi connectivity index (χ0n) is 3.60. The number of carbonyl (C=O) groups is 1. The van der Waals surface area contributed by atoms with Crippen molar-refractivity contribution in [2.75, 3.05) is 6.61 Å². The summed E-state index contributed by atoms with van der Waals surface area (Å²) in [7, 11) is 0. The summed E-state index contributed by atoms with van der Waals surface area (Å²) < 4.78 is 4.37. The molecule has 0 aromatic heterocycles. The van der Waals surface area contributed by atoms with Crippen molar-refractivity contribution >= 4 is 22.4 Å². The topological polar surface area (TPSA) is 26.3 Å². The number of ketones is 1. The molecule has 0 aliphatic heterocycles. The molecule has 0 saturated heterocycles. The predicted molar refractivity (Wildman–Crippen MR) is 22.4 cm³/mol. The number of Topliss-reactive ketones (excluding diaryl/α,β-unsaturated/α-hetero) is 1. The summed E-state index contributed by atoms with van der Waals surface area (Å²) >= 11 is 2.00. The van der Waals surface area contributed by atoms with Crippen LogP contribution in [-0.2, 0) is 8.58 Å². The van der Waals surface area contributed by atoms with Crippen molar-refractivity contribution in [1.29, 1.82) is 0 Å². The fourth-order valence-corrected chi connectivity index (χ4v) is 0.352. The fourth-order valence-electron chi connectivity index (χ4n) is 0.117. The molecule has 0 heterocycles. The van der Waals surface area contributed by atoms with Gasteiger partial charge in [0.05, 0.1) is 0 Å². The maximum absolute atomic E-state index is 9.91. The number of rotatable bonds is 2. The third-order valence-electron chi connectivity index (χ3n) is 0.287. The Kier molecular flexibility index (Phi) is 3.45. The second kappa shape index (κ2) is 3.36. The van der Waals surface area contributed by atoms with E-state index in [2.05, 4.69) is 3.79 Å². The van der Waals surface area contributed by atoms with Crippen molar-refractivity contribution in [3.05, 3.63) is 0 Å². The Morgan fingerprint density at radius 2 is 2.50 bits per heavy atom. The Labute approximate surface area is 45.2 Å². The zero-order chi connectivity index (χ0) is 4.99. The molecule has 0 spiro atoms. The molecule has 0 fully saturated rings. The third-order valence-corrected chi connectivity index (χ3v) is 0.453. The second-order valence-corrected chi connectivity index (χ2v) is 1.35. The van der Waals surface area contributed by atoms with Gasteiger partial charge in [0.2, 0.25) is 0 Å².